The highest BCUT2D eigenvalue weighted by atomic mass is 16.3. The minimum Gasteiger partial charge on any atom is -0.390 e. The van der Waals surface area contributed by atoms with Gasteiger partial charge in [0.15, 0.2) is 0 Å². The van der Waals surface area contributed by atoms with Crippen LogP contribution in [-0.4, -0.2) is 73.9 Å². The number of rotatable bonds is 5. The Labute approximate surface area is 196 Å². The molecule has 0 aromatic carbocycles. The summed E-state index contributed by atoms with van der Waals surface area (Å²) in [6, 6.07) is 7.25. The molecular formula is C24H26N8O2. The first-order valence-electron chi connectivity index (χ1n) is 11.1. The molecule has 0 saturated carbocycles. The first-order chi connectivity index (χ1) is 16.5. The maximum atomic E-state index is 13.0. The zero-order valence-corrected chi connectivity index (χ0v) is 19.1. The maximum Gasteiger partial charge on any atom is 0.257 e. The Morgan fingerprint density at radius 2 is 1.79 bits per heavy atom. The summed E-state index contributed by atoms with van der Waals surface area (Å²) in [6.07, 6.45) is 6.76. The van der Waals surface area contributed by atoms with Crippen molar-refractivity contribution in [1.29, 1.82) is 0 Å². The molecule has 1 aliphatic heterocycles. The van der Waals surface area contributed by atoms with E-state index in [9.17, 15) is 9.90 Å². The molecule has 34 heavy (non-hydrogen) atoms. The van der Waals surface area contributed by atoms with Crippen LogP contribution in [0.2, 0.25) is 0 Å². The molecule has 1 saturated heterocycles. The fraction of sp³-hybridized carbons (Fsp3) is 0.292. The van der Waals surface area contributed by atoms with Crippen LogP contribution in [0.5, 0.6) is 0 Å². The van der Waals surface area contributed by atoms with Crippen LogP contribution in [0, 0.1) is 0 Å². The second-order valence-corrected chi connectivity index (χ2v) is 8.42. The predicted octanol–water partition coefficient (Wildman–Crippen LogP) is 1.92. The lowest BCUT2D eigenvalue weighted by Crippen LogP contribution is -2.44. The van der Waals surface area contributed by atoms with E-state index in [1.165, 1.54) is 0 Å². The van der Waals surface area contributed by atoms with Gasteiger partial charge in [-0.25, -0.2) is 9.97 Å². The third kappa shape index (κ3) is 4.33. The Kier molecular flexibility index (Phi) is 5.91. The lowest BCUT2D eigenvalue weighted by Gasteiger charge is -2.33. The van der Waals surface area contributed by atoms with E-state index in [4.69, 9.17) is 0 Å². The monoisotopic (exact) mass is 458 g/mol. The van der Waals surface area contributed by atoms with Gasteiger partial charge in [0, 0.05) is 68.3 Å². The number of aryl methyl sites for hydroxylation is 1. The standard InChI is InChI=1S/C24H26N8O2/c1-30-5-7-32(8-6-30)23-11-16(3-4-25-23)24(34)29-22-10-17-9-20(26-12-18(17)13-27-22)19-14-28-31(2)21(19)15-33/h3-4,9-14,33H,5-8,15H2,1-2H3,(H,27,29,34). The van der Waals surface area contributed by atoms with E-state index >= 15 is 0 Å². The fourth-order valence-corrected chi connectivity index (χ4v) is 4.07. The van der Waals surface area contributed by atoms with Gasteiger partial charge in [-0.2, -0.15) is 5.10 Å². The summed E-state index contributed by atoms with van der Waals surface area (Å²) < 4.78 is 1.63. The van der Waals surface area contributed by atoms with Crippen molar-refractivity contribution in [3.8, 4) is 11.3 Å². The molecule has 0 aliphatic carbocycles. The number of piperazine rings is 1. The average Bonchev–Trinajstić information content (AvgIpc) is 3.24. The molecule has 0 radical (unpaired) electrons. The molecule has 4 aromatic heterocycles. The minimum atomic E-state index is -0.242. The SMILES string of the molecule is CN1CCN(c2cc(C(=O)Nc3cc4cc(-c5cnn(C)c5CO)ncc4cn3)ccn2)CC1. The molecule has 0 unspecified atom stereocenters. The van der Waals surface area contributed by atoms with E-state index in [1.54, 1.807) is 42.6 Å². The van der Waals surface area contributed by atoms with E-state index in [0.29, 0.717) is 22.8 Å². The fourth-order valence-electron chi connectivity index (χ4n) is 4.07. The second-order valence-electron chi connectivity index (χ2n) is 8.42. The van der Waals surface area contributed by atoms with Crippen molar-refractivity contribution >= 4 is 28.3 Å². The number of fused-ring (bicyclic) bond motifs is 1. The Hall–Kier alpha value is -3.89. The van der Waals surface area contributed by atoms with Crippen LogP contribution in [0.4, 0.5) is 11.6 Å². The third-order valence-corrected chi connectivity index (χ3v) is 6.17. The molecule has 0 atom stereocenters. The molecule has 0 bridgehead atoms. The summed E-state index contributed by atoms with van der Waals surface area (Å²) in [6.45, 7) is 3.56. The van der Waals surface area contributed by atoms with Crippen molar-refractivity contribution in [3.05, 3.63) is 60.3 Å². The Morgan fingerprint density at radius 1 is 1.00 bits per heavy atom. The quantitative estimate of drug-likeness (QED) is 0.467. The number of hydrogen-bond acceptors (Lipinski definition) is 8. The van der Waals surface area contributed by atoms with E-state index in [1.807, 2.05) is 18.2 Å². The van der Waals surface area contributed by atoms with Gasteiger partial charge in [-0.3, -0.25) is 14.5 Å². The van der Waals surface area contributed by atoms with Crippen LogP contribution >= 0.6 is 0 Å². The Bertz CT molecular complexity index is 1340. The summed E-state index contributed by atoms with van der Waals surface area (Å²) in [7, 11) is 3.88. The Balaban J connectivity index is 1.37. The molecule has 10 heteroatoms. The normalized spacial score (nSPS) is 14.5. The lowest BCUT2D eigenvalue weighted by atomic mass is 10.1. The molecule has 2 N–H and O–H groups in total. The molecule has 1 fully saturated rings. The molecular weight excluding hydrogens is 432 g/mol. The van der Waals surface area contributed by atoms with Crippen molar-refractivity contribution in [2.24, 2.45) is 7.05 Å². The molecule has 5 rings (SSSR count). The number of hydrogen-bond donors (Lipinski definition) is 2. The number of carbonyl (C=O) groups is 1. The number of likely N-dealkylation sites (N-methyl/N-ethyl adjacent to an activating group) is 1. The lowest BCUT2D eigenvalue weighted by molar-refractivity contribution is 0.102. The van der Waals surface area contributed by atoms with Gasteiger partial charge in [0.1, 0.15) is 11.6 Å². The van der Waals surface area contributed by atoms with E-state index < -0.39 is 0 Å². The summed E-state index contributed by atoms with van der Waals surface area (Å²) >= 11 is 0. The first kappa shape index (κ1) is 21.9. The maximum absolute atomic E-state index is 13.0. The average molecular weight is 459 g/mol. The molecule has 174 valence electrons. The molecule has 5 heterocycles. The molecule has 0 spiro atoms. The summed E-state index contributed by atoms with van der Waals surface area (Å²) in [4.78, 5) is 30.7. The van der Waals surface area contributed by atoms with Gasteiger partial charge in [0.2, 0.25) is 0 Å². The number of aliphatic hydroxyl groups excluding tert-OH is 1. The van der Waals surface area contributed by atoms with Crippen LogP contribution < -0.4 is 10.2 Å². The van der Waals surface area contributed by atoms with Crippen LogP contribution in [0.25, 0.3) is 22.0 Å². The zero-order valence-electron chi connectivity index (χ0n) is 19.1. The molecule has 1 aliphatic rings. The summed E-state index contributed by atoms with van der Waals surface area (Å²) in [5.74, 6) is 1.01. The van der Waals surface area contributed by atoms with E-state index in [0.717, 1.165) is 48.3 Å². The molecule has 10 nitrogen and oxygen atoms in total. The van der Waals surface area contributed by atoms with Gasteiger partial charge in [-0.05, 0) is 36.7 Å². The summed E-state index contributed by atoms with van der Waals surface area (Å²) in [5.41, 5.74) is 2.68. The van der Waals surface area contributed by atoms with Crippen LogP contribution in [0.15, 0.2) is 49.1 Å². The number of anilines is 2. The largest absolute Gasteiger partial charge is 0.390 e. The number of nitrogens with one attached hydrogen (secondary N) is 1. The van der Waals surface area contributed by atoms with Gasteiger partial charge in [0.25, 0.3) is 5.91 Å². The minimum absolute atomic E-state index is 0.134. The molecule has 4 aromatic rings. The number of aromatic nitrogens is 5. The van der Waals surface area contributed by atoms with Crippen molar-refractivity contribution in [3.63, 3.8) is 0 Å². The Morgan fingerprint density at radius 3 is 2.59 bits per heavy atom. The van der Waals surface area contributed by atoms with Gasteiger partial charge < -0.3 is 20.2 Å². The van der Waals surface area contributed by atoms with Crippen molar-refractivity contribution < 1.29 is 9.90 Å². The van der Waals surface area contributed by atoms with E-state index in [-0.39, 0.29) is 12.5 Å². The highest BCUT2D eigenvalue weighted by Gasteiger charge is 2.17. The number of aliphatic hydroxyl groups is 1. The van der Waals surface area contributed by atoms with Crippen molar-refractivity contribution in [1.82, 2.24) is 29.6 Å². The zero-order chi connectivity index (χ0) is 23.7. The van der Waals surface area contributed by atoms with Crippen molar-refractivity contribution in [2.75, 3.05) is 43.4 Å². The van der Waals surface area contributed by atoms with Gasteiger partial charge in [-0.1, -0.05) is 0 Å². The number of pyridine rings is 3. The van der Waals surface area contributed by atoms with Crippen molar-refractivity contribution in [2.45, 2.75) is 6.61 Å². The van der Waals surface area contributed by atoms with Gasteiger partial charge in [0.05, 0.1) is 24.2 Å². The van der Waals surface area contributed by atoms with Gasteiger partial charge >= 0.3 is 0 Å². The predicted molar refractivity (Wildman–Crippen MR) is 130 cm³/mol. The molecule has 1 amide bonds. The number of carbonyl (C=O) groups excluding carboxylic acids is 1. The number of nitrogens with zero attached hydrogens (tertiary/aromatic N) is 7. The van der Waals surface area contributed by atoms with Crippen LogP contribution in [-0.2, 0) is 13.7 Å². The second kappa shape index (κ2) is 9.16. The highest BCUT2D eigenvalue weighted by molar-refractivity contribution is 6.05. The number of amides is 1. The van der Waals surface area contributed by atoms with E-state index in [2.05, 4.69) is 42.2 Å². The highest BCUT2D eigenvalue weighted by Crippen LogP contribution is 2.26. The van der Waals surface area contributed by atoms with Crippen LogP contribution in [0.1, 0.15) is 16.1 Å². The topological polar surface area (TPSA) is 112 Å². The first-order valence-corrected chi connectivity index (χ1v) is 11.1. The summed E-state index contributed by atoms with van der Waals surface area (Å²) in [5, 5.41) is 18.5. The smallest absolute Gasteiger partial charge is 0.257 e. The van der Waals surface area contributed by atoms with Crippen LogP contribution in [0.3, 0.4) is 0 Å². The van der Waals surface area contributed by atoms with Gasteiger partial charge in [-0.15, -0.1) is 0 Å². The third-order valence-electron chi connectivity index (χ3n) is 6.17.